The highest BCUT2D eigenvalue weighted by Gasteiger charge is 2.13. The van der Waals surface area contributed by atoms with Crippen molar-refractivity contribution in [2.24, 2.45) is 0 Å². The van der Waals surface area contributed by atoms with E-state index < -0.39 is 0 Å². The van der Waals surface area contributed by atoms with Crippen LogP contribution in [0.3, 0.4) is 0 Å². The minimum absolute atomic E-state index is 0.462. The number of benzene rings is 1. The van der Waals surface area contributed by atoms with Gasteiger partial charge < -0.3 is 10.2 Å². The maximum atomic E-state index is 3.50. The van der Waals surface area contributed by atoms with E-state index >= 15 is 0 Å². The molecule has 0 saturated carbocycles. The third-order valence-electron chi connectivity index (χ3n) is 3.67. The topological polar surface area (TPSA) is 15.3 Å². The van der Waals surface area contributed by atoms with E-state index in [-0.39, 0.29) is 0 Å². The van der Waals surface area contributed by atoms with E-state index in [9.17, 15) is 0 Å². The number of nitrogens with one attached hydrogen (secondary N) is 1. The molecule has 1 aliphatic heterocycles. The lowest BCUT2D eigenvalue weighted by Gasteiger charge is -2.23. The van der Waals surface area contributed by atoms with Crippen LogP contribution in [0.1, 0.15) is 24.4 Å². The molecule has 1 atom stereocenters. The number of hydrogen-bond donors (Lipinski definition) is 1. The Kier molecular flexibility index (Phi) is 6.71. The minimum Gasteiger partial charge on any atom is -0.313 e. The molecule has 2 rings (SSSR count). The highest BCUT2D eigenvalue weighted by atomic mass is 79.9. The largest absolute Gasteiger partial charge is 0.313 e. The molecule has 1 fully saturated rings. The quantitative estimate of drug-likeness (QED) is 0.880. The highest BCUT2D eigenvalue weighted by molar-refractivity contribution is 9.10. The van der Waals surface area contributed by atoms with Gasteiger partial charge in [-0.1, -0.05) is 28.1 Å². The Morgan fingerprint density at radius 3 is 2.79 bits per heavy atom. The Hall–Kier alpha value is -0.0300. The Labute approximate surface area is 129 Å². The van der Waals surface area contributed by atoms with Gasteiger partial charge >= 0.3 is 0 Å². The van der Waals surface area contributed by atoms with Crippen molar-refractivity contribution in [3.05, 3.63) is 34.3 Å². The van der Waals surface area contributed by atoms with Crippen LogP contribution in [-0.2, 0) is 0 Å². The lowest BCUT2D eigenvalue weighted by Crippen LogP contribution is -2.30. The Morgan fingerprint density at radius 1 is 1.26 bits per heavy atom. The molecule has 0 aromatic heterocycles. The van der Waals surface area contributed by atoms with Gasteiger partial charge in [0.05, 0.1) is 0 Å². The van der Waals surface area contributed by atoms with E-state index in [4.69, 9.17) is 0 Å². The molecule has 0 bridgehead atoms. The summed E-state index contributed by atoms with van der Waals surface area (Å²) in [6.45, 7) is 3.72. The van der Waals surface area contributed by atoms with Gasteiger partial charge in [-0.15, -0.1) is 0 Å². The summed E-state index contributed by atoms with van der Waals surface area (Å²) in [5, 5.41) is 3.45. The fourth-order valence-electron chi connectivity index (χ4n) is 2.51. The lowest BCUT2D eigenvalue weighted by molar-refractivity contribution is 0.277. The molecular weight excluding hydrogens is 320 g/mol. The van der Waals surface area contributed by atoms with Gasteiger partial charge in [0.15, 0.2) is 0 Å². The summed E-state index contributed by atoms with van der Waals surface area (Å²) < 4.78 is 1.15. The normalized spacial score (nSPS) is 19.1. The van der Waals surface area contributed by atoms with Crippen LogP contribution in [0.5, 0.6) is 0 Å². The summed E-state index contributed by atoms with van der Waals surface area (Å²) in [4.78, 5) is 2.61. The second-order valence-corrected chi connectivity index (χ2v) is 7.13. The fraction of sp³-hybridized carbons (Fsp3) is 0.600. The van der Waals surface area contributed by atoms with Gasteiger partial charge in [-0.05, 0) is 56.4 Å². The molecule has 2 nitrogen and oxygen atoms in total. The summed E-state index contributed by atoms with van der Waals surface area (Å²) in [5.74, 6) is 2.63. The molecule has 106 valence electrons. The monoisotopic (exact) mass is 342 g/mol. The number of halogens is 1. The molecule has 0 radical (unpaired) electrons. The van der Waals surface area contributed by atoms with Crippen LogP contribution in [0.15, 0.2) is 28.7 Å². The van der Waals surface area contributed by atoms with Gasteiger partial charge in [-0.3, -0.25) is 0 Å². The average Bonchev–Trinajstić information content (AvgIpc) is 2.70. The summed E-state index contributed by atoms with van der Waals surface area (Å²) >= 11 is 5.59. The van der Waals surface area contributed by atoms with E-state index in [0.717, 1.165) is 4.47 Å². The first kappa shape index (κ1) is 15.4. The standard InChI is InChI=1S/C15H23BrN2S/c1-17-15(13-3-5-14(16)6-4-13)7-9-18-8-2-11-19-12-10-18/h3-6,15,17H,2,7-12H2,1H3. The predicted molar refractivity (Wildman–Crippen MR) is 88.9 cm³/mol. The molecular formula is C15H23BrN2S. The Bertz CT molecular complexity index is 361. The summed E-state index contributed by atoms with van der Waals surface area (Å²) in [5.41, 5.74) is 1.38. The third-order valence-corrected chi connectivity index (χ3v) is 5.25. The first-order valence-electron chi connectivity index (χ1n) is 7.02. The zero-order valence-electron chi connectivity index (χ0n) is 11.6. The van der Waals surface area contributed by atoms with Crippen LogP contribution in [0.25, 0.3) is 0 Å². The van der Waals surface area contributed by atoms with Crippen LogP contribution in [0, 0.1) is 0 Å². The van der Waals surface area contributed by atoms with Gasteiger partial charge in [0.25, 0.3) is 0 Å². The van der Waals surface area contributed by atoms with Crippen molar-refractivity contribution in [2.45, 2.75) is 18.9 Å². The average molecular weight is 343 g/mol. The van der Waals surface area contributed by atoms with Gasteiger partial charge in [0.1, 0.15) is 0 Å². The van der Waals surface area contributed by atoms with E-state index in [1.165, 1.54) is 49.5 Å². The third kappa shape index (κ3) is 5.10. The first-order valence-corrected chi connectivity index (χ1v) is 8.97. The van der Waals surface area contributed by atoms with E-state index in [1.807, 2.05) is 0 Å². The molecule has 1 saturated heterocycles. The van der Waals surface area contributed by atoms with Gasteiger partial charge in [0.2, 0.25) is 0 Å². The zero-order valence-corrected chi connectivity index (χ0v) is 14.0. The predicted octanol–water partition coefficient (Wildman–Crippen LogP) is 3.54. The van der Waals surface area contributed by atoms with Crippen LogP contribution < -0.4 is 5.32 Å². The van der Waals surface area contributed by atoms with Crippen molar-refractivity contribution in [3.63, 3.8) is 0 Å². The molecule has 1 aliphatic rings. The smallest absolute Gasteiger partial charge is 0.0329 e. The maximum Gasteiger partial charge on any atom is 0.0329 e. The van der Waals surface area contributed by atoms with Crippen molar-refractivity contribution in [3.8, 4) is 0 Å². The van der Waals surface area contributed by atoms with Crippen LogP contribution >= 0.6 is 27.7 Å². The molecule has 1 N–H and O–H groups in total. The molecule has 0 spiro atoms. The van der Waals surface area contributed by atoms with Crippen molar-refractivity contribution in [2.75, 3.05) is 38.2 Å². The van der Waals surface area contributed by atoms with Crippen LogP contribution in [0.2, 0.25) is 0 Å². The zero-order chi connectivity index (χ0) is 13.5. The van der Waals surface area contributed by atoms with E-state index in [0.29, 0.717) is 6.04 Å². The van der Waals surface area contributed by atoms with Gasteiger partial charge in [-0.2, -0.15) is 11.8 Å². The Balaban J connectivity index is 1.86. The lowest BCUT2D eigenvalue weighted by atomic mass is 10.0. The van der Waals surface area contributed by atoms with Crippen LogP contribution in [-0.4, -0.2) is 43.1 Å². The van der Waals surface area contributed by atoms with E-state index in [2.05, 4.69) is 69.2 Å². The second-order valence-electron chi connectivity index (χ2n) is 4.99. The fourth-order valence-corrected chi connectivity index (χ4v) is 3.69. The van der Waals surface area contributed by atoms with Crippen molar-refractivity contribution < 1.29 is 0 Å². The van der Waals surface area contributed by atoms with Gasteiger partial charge in [0, 0.05) is 22.8 Å². The van der Waals surface area contributed by atoms with Crippen molar-refractivity contribution in [1.82, 2.24) is 10.2 Å². The number of nitrogens with zero attached hydrogens (tertiary/aromatic N) is 1. The molecule has 1 heterocycles. The molecule has 0 amide bonds. The summed E-state index contributed by atoms with van der Waals surface area (Å²) in [6, 6.07) is 9.14. The number of thioether (sulfide) groups is 1. The summed E-state index contributed by atoms with van der Waals surface area (Å²) in [6.07, 6.45) is 2.52. The highest BCUT2D eigenvalue weighted by Crippen LogP contribution is 2.20. The number of hydrogen-bond acceptors (Lipinski definition) is 3. The molecule has 4 heteroatoms. The Morgan fingerprint density at radius 2 is 2.05 bits per heavy atom. The van der Waals surface area contributed by atoms with Crippen LogP contribution in [0.4, 0.5) is 0 Å². The van der Waals surface area contributed by atoms with Crippen molar-refractivity contribution in [1.29, 1.82) is 0 Å². The number of rotatable bonds is 5. The summed E-state index contributed by atoms with van der Waals surface area (Å²) in [7, 11) is 2.06. The second kappa shape index (κ2) is 8.30. The van der Waals surface area contributed by atoms with E-state index in [1.54, 1.807) is 0 Å². The molecule has 1 aromatic carbocycles. The maximum absolute atomic E-state index is 3.50. The molecule has 1 aromatic rings. The first-order chi connectivity index (χ1) is 9.29. The molecule has 0 aliphatic carbocycles. The minimum atomic E-state index is 0.462. The van der Waals surface area contributed by atoms with Gasteiger partial charge in [-0.25, -0.2) is 0 Å². The molecule has 1 unspecified atom stereocenters. The SMILES string of the molecule is CNC(CCN1CCCSCC1)c1ccc(Br)cc1. The molecule has 19 heavy (non-hydrogen) atoms. The van der Waals surface area contributed by atoms with Crippen molar-refractivity contribution >= 4 is 27.7 Å².